The van der Waals surface area contributed by atoms with E-state index in [1.165, 1.54) is 5.56 Å². The van der Waals surface area contributed by atoms with Crippen molar-refractivity contribution in [1.29, 1.82) is 0 Å². The molecule has 118 valence electrons. The molecule has 0 aromatic heterocycles. The second-order valence-corrected chi connectivity index (χ2v) is 6.28. The van der Waals surface area contributed by atoms with Gasteiger partial charge in [-0.25, -0.2) is 0 Å². The summed E-state index contributed by atoms with van der Waals surface area (Å²) in [4.78, 5) is 26.4. The van der Waals surface area contributed by atoms with Gasteiger partial charge < -0.3 is 15.3 Å². The van der Waals surface area contributed by atoms with Crippen LogP contribution in [0.25, 0.3) is 0 Å². The molecule has 5 nitrogen and oxygen atoms in total. The number of carbonyl (C=O) groups excluding carboxylic acids is 2. The summed E-state index contributed by atoms with van der Waals surface area (Å²) in [5.41, 5.74) is 2.15. The van der Waals surface area contributed by atoms with Gasteiger partial charge in [0.2, 0.25) is 0 Å². The van der Waals surface area contributed by atoms with Crippen LogP contribution in [0, 0.1) is 0 Å². The van der Waals surface area contributed by atoms with Gasteiger partial charge >= 0.3 is 11.8 Å². The van der Waals surface area contributed by atoms with Crippen LogP contribution in [0.5, 0.6) is 0 Å². The van der Waals surface area contributed by atoms with Crippen LogP contribution in [0.4, 0.5) is 5.69 Å². The number of fused-ring (bicyclic) bond motifs is 2. The van der Waals surface area contributed by atoms with Gasteiger partial charge in [-0.15, -0.1) is 0 Å². The molecule has 0 bridgehead atoms. The van der Waals surface area contributed by atoms with Crippen LogP contribution in [0.15, 0.2) is 24.3 Å². The molecule has 0 saturated heterocycles. The third-order valence-electron chi connectivity index (χ3n) is 4.83. The summed E-state index contributed by atoms with van der Waals surface area (Å²) >= 11 is 0. The van der Waals surface area contributed by atoms with Crippen LogP contribution < -0.4 is 10.2 Å². The number of nitrogens with one attached hydrogen (secondary N) is 1. The molecule has 1 heterocycles. The fourth-order valence-electron chi connectivity index (χ4n) is 3.29. The van der Waals surface area contributed by atoms with Gasteiger partial charge in [-0.3, -0.25) is 9.59 Å². The van der Waals surface area contributed by atoms with Crippen molar-refractivity contribution in [2.45, 2.75) is 44.1 Å². The molecule has 22 heavy (non-hydrogen) atoms. The Morgan fingerprint density at radius 2 is 2.09 bits per heavy atom. The molecule has 5 heteroatoms. The van der Waals surface area contributed by atoms with Gasteiger partial charge in [-0.1, -0.05) is 25.1 Å². The van der Waals surface area contributed by atoms with E-state index < -0.39 is 11.8 Å². The van der Waals surface area contributed by atoms with E-state index in [0.29, 0.717) is 19.4 Å². The summed E-state index contributed by atoms with van der Waals surface area (Å²) in [7, 11) is 0. The monoisotopic (exact) mass is 302 g/mol. The maximum atomic E-state index is 12.5. The van der Waals surface area contributed by atoms with E-state index in [1.807, 2.05) is 25.1 Å². The average molecular weight is 302 g/mol. The number of hydrogen-bond acceptors (Lipinski definition) is 3. The quantitative estimate of drug-likeness (QED) is 0.825. The standard InChI is InChI=1S/C17H22N2O3/c1-2-12(7-10-20)18-15(21)16(22)19-11-17(8-9-17)13-5-3-4-6-14(13)19/h3-6,12,20H,2,7-11H2,1H3,(H,18,21). The lowest BCUT2D eigenvalue weighted by molar-refractivity contribution is -0.138. The minimum atomic E-state index is -0.576. The lowest BCUT2D eigenvalue weighted by atomic mass is 9.99. The number of aliphatic hydroxyl groups is 1. The predicted octanol–water partition coefficient (Wildman–Crippen LogP) is 1.34. The lowest BCUT2D eigenvalue weighted by Gasteiger charge is -2.20. The first kappa shape index (κ1) is 15.0. The van der Waals surface area contributed by atoms with Gasteiger partial charge in [-0.05, 0) is 37.3 Å². The van der Waals surface area contributed by atoms with Crippen molar-refractivity contribution in [3.05, 3.63) is 29.8 Å². The Balaban J connectivity index is 1.75. The third-order valence-corrected chi connectivity index (χ3v) is 4.83. The number of amides is 2. The fourth-order valence-corrected chi connectivity index (χ4v) is 3.29. The molecule has 2 aliphatic rings. The number of carbonyl (C=O) groups is 2. The van der Waals surface area contributed by atoms with Crippen LogP contribution in [0.3, 0.4) is 0 Å². The van der Waals surface area contributed by atoms with E-state index in [0.717, 1.165) is 18.5 Å². The molecule has 1 aliphatic heterocycles. The molecule has 1 spiro atoms. The topological polar surface area (TPSA) is 69.6 Å². The zero-order valence-electron chi connectivity index (χ0n) is 12.8. The fraction of sp³-hybridized carbons (Fsp3) is 0.529. The van der Waals surface area contributed by atoms with E-state index in [1.54, 1.807) is 4.90 Å². The molecule has 1 fully saturated rings. The summed E-state index contributed by atoms with van der Waals surface area (Å²) in [6.07, 6.45) is 3.32. The number of anilines is 1. The average Bonchev–Trinajstić information content (AvgIpc) is 3.24. The SMILES string of the molecule is CCC(CCO)NC(=O)C(=O)N1CC2(CC2)c2ccccc21. The predicted molar refractivity (Wildman–Crippen MR) is 83.6 cm³/mol. The van der Waals surface area contributed by atoms with Gasteiger partial charge in [0.05, 0.1) is 0 Å². The second-order valence-electron chi connectivity index (χ2n) is 6.28. The van der Waals surface area contributed by atoms with E-state index >= 15 is 0 Å². The smallest absolute Gasteiger partial charge is 0.316 e. The molecular formula is C17H22N2O3. The first-order valence-electron chi connectivity index (χ1n) is 7.94. The number of benzene rings is 1. The summed E-state index contributed by atoms with van der Waals surface area (Å²) in [6, 6.07) is 7.71. The van der Waals surface area contributed by atoms with Crippen molar-refractivity contribution in [3.8, 4) is 0 Å². The highest BCUT2D eigenvalue weighted by Crippen LogP contribution is 2.56. The molecule has 1 unspecified atom stereocenters. The van der Waals surface area contributed by atoms with Crippen molar-refractivity contribution >= 4 is 17.5 Å². The van der Waals surface area contributed by atoms with Crippen LogP contribution in [-0.4, -0.2) is 36.1 Å². The lowest BCUT2D eigenvalue weighted by Crippen LogP contribution is -2.46. The third kappa shape index (κ3) is 2.50. The van der Waals surface area contributed by atoms with E-state index in [4.69, 9.17) is 5.11 Å². The zero-order chi connectivity index (χ0) is 15.7. The number of nitrogens with zero attached hydrogens (tertiary/aromatic N) is 1. The second kappa shape index (κ2) is 5.72. The van der Waals surface area contributed by atoms with Crippen LogP contribution in [0.1, 0.15) is 38.2 Å². The minimum absolute atomic E-state index is 0.00262. The Kier molecular flexibility index (Phi) is 3.91. The van der Waals surface area contributed by atoms with Crippen molar-refractivity contribution in [1.82, 2.24) is 5.32 Å². The van der Waals surface area contributed by atoms with Gasteiger partial charge in [0.1, 0.15) is 0 Å². The summed E-state index contributed by atoms with van der Waals surface area (Å²) in [5, 5.41) is 11.7. The molecule has 1 saturated carbocycles. The summed E-state index contributed by atoms with van der Waals surface area (Å²) in [6.45, 7) is 2.54. The van der Waals surface area contributed by atoms with E-state index in [9.17, 15) is 9.59 Å². The first-order chi connectivity index (χ1) is 10.6. The maximum absolute atomic E-state index is 12.5. The van der Waals surface area contributed by atoms with Crippen molar-refractivity contribution in [3.63, 3.8) is 0 Å². The molecule has 3 rings (SSSR count). The van der Waals surface area contributed by atoms with Gasteiger partial charge in [0, 0.05) is 30.3 Å². The van der Waals surface area contributed by atoms with Crippen molar-refractivity contribution in [2.75, 3.05) is 18.1 Å². The van der Waals surface area contributed by atoms with E-state index in [2.05, 4.69) is 11.4 Å². The minimum Gasteiger partial charge on any atom is -0.396 e. The van der Waals surface area contributed by atoms with Crippen molar-refractivity contribution in [2.24, 2.45) is 0 Å². The first-order valence-corrected chi connectivity index (χ1v) is 7.94. The van der Waals surface area contributed by atoms with Crippen LogP contribution in [-0.2, 0) is 15.0 Å². The molecular weight excluding hydrogens is 280 g/mol. The summed E-state index contributed by atoms with van der Waals surface area (Å²) in [5.74, 6) is -1.07. The van der Waals surface area contributed by atoms with Crippen LogP contribution in [0.2, 0.25) is 0 Å². The molecule has 1 aromatic carbocycles. The van der Waals surface area contributed by atoms with Gasteiger partial charge in [0.15, 0.2) is 0 Å². The molecule has 1 aromatic rings. The van der Waals surface area contributed by atoms with Gasteiger partial charge in [0.25, 0.3) is 0 Å². The Labute approximate surface area is 130 Å². The van der Waals surface area contributed by atoms with Crippen molar-refractivity contribution < 1.29 is 14.7 Å². The molecule has 1 aliphatic carbocycles. The normalized spacial score (nSPS) is 18.9. The highest BCUT2D eigenvalue weighted by molar-refractivity contribution is 6.40. The Hall–Kier alpha value is -1.88. The number of aliphatic hydroxyl groups excluding tert-OH is 1. The van der Waals surface area contributed by atoms with E-state index in [-0.39, 0.29) is 18.1 Å². The number of rotatable bonds is 4. The highest BCUT2D eigenvalue weighted by atomic mass is 16.3. The Morgan fingerprint density at radius 1 is 1.36 bits per heavy atom. The Morgan fingerprint density at radius 3 is 2.73 bits per heavy atom. The molecule has 2 amide bonds. The highest BCUT2D eigenvalue weighted by Gasteiger charge is 2.53. The summed E-state index contributed by atoms with van der Waals surface area (Å²) < 4.78 is 0. The number of para-hydroxylation sites is 1. The van der Waals surface area contributed by atoms with Crippen LogP contribution >= 0.6 is 0 Å². The van der Waals surface area contributed by atoms with Gasteiger partial charge in [-0.2, -0.15) is 0 Å². The largest absolute Gasteiger partial charge is 0.396 e. The molecule has 0 radical (unpaired) electrons. The molecule has 1 atom stereocenters. The Bertz CT molecular complexity index is 595. The zero-order valence-corrected chi connectivity index (χ0v) is 12.8. The number of hydrogen-bond donors (Lipinski definition) is 2. The molecule has 2 N–H and O–H groups in total. The maximum Gasteiger partial charge on any atom is 0.316 e.